The second-order valence-corrected chi connectivity index (χ2v) is 4.90. The molecule has 0 aliphatic rings. The van der Waals surface area contributed by atoms with Gasteiger partial charge in [-0.15, -0.1) is 11.6 Å². The predicted octanol–water partition coefficient (Wildman–Crippen LogP) is 3.44. The summed E-state index contributed by atoms with van der Waals surface area (Å²) in [5, 5.41) is 1.31. The first kappa shape index (κ1) is 11.9. The predicted molar refractivity (Wildman–Crippen MR) is 62.2 cm³/mol. The van der Waals surface area contributed by atoms with Crippen LogP contribution in [0.15, 0.2) is 0 Å². The maximum absolute atomic E-state index is 6.14. The highest BCUT2D eigenvalue weighted by molar-refractivity contribution is 7.05. The second kappa shape index (κ2) is 6.36. The number of aromatic nitrogens is 2. The Morgan fingerprint density at radius 3 is 2.79 bits per heavy atom. The molecule has 4 heteroatoms. The number of halogens is 1. The second-order valence-electron chi connectivity index (χ2n) is 3.44. The number of nitrogens with zero attached hydrogens (tertiary/aromatic N) is 2. The molecule has 0 aliphatic carbocycles. The van der Waals surface area contributed by atoms with Crippen LogP contribution in [0.1, 0.15) is 43.9 Å². The Hall–Kier alpha value is -0.150. The van der Waals surface area contributed by atoms with Crippen molar-refractivity contribution in [2.45, 2.75) is 51.3 Å². The Kier molecular flexibility index (Phi) is 5.41. The molecule has 14 heavy (non-hydrogen) atoms. The quantitative estimate of drug-likeness (QED) is 0.703. The summed E-state index contributed by atoms with van der Waals surface area (Å²) in [5.74, 6) is 0.980. The molecule has 0 N–H and O–H groups in total. The van der Waals surface area contributed by atoms with Gasteiger partial charge in [0, 0.05) is 18.2 Å². The molecule has 0 bridgehead atoms. The summed E-state index contributed by atoms with van der Waals surface area (Å²) < 4.78 is 4.29. The van der Waals surface area contributed by atoms with Gasteiger partial charge in [0.05, 0.1) is 0 Å². The molecule has 0 saturated heterocycles. The van der Waals surface area contributed by atoms with Crippen LogP contribution in [0, 0.1) is 0 Å². The summed E-state index contributed by atoms with van der Waals surface area (Å²) in [5.41, 5.74) is 0. The van der Waals surface area contributed by atoms with E-state index in [4.69, 9.17) is 11.6 Å². The van der Waals surface area contributed by atoms with Gasteiger partial charge in [0.2, 0.25) is 0 Å². The lowest BCUT2D eigenvalue weighted by molar-refractivity contribution is 0.720. The van der Waals surface area contributed by atoms with Crippen molar-refractivity contribution in [3.05, 3.63) is 10.8 Å². The number of hydrogen-bond acceptors (Lipinski definition) is 3. The summed E-state index contributed by atoms with van der Waals surface area (Å²) >= 11 is 7.64. The van der Waals surface area contributed by atoms with Gasteiger partial charge >= 0.3 is 0 Å². The molecule has 0 aliphatic heterocycles. The zero-order valence-electron chi connectivity index (χ0n) is 8.79. The molecule has 1 rings (SSSR count). The van der Waals surface area contributed by atoms with Gasteiger partial charge in [-0.2, -0.15) is 4.37 Å². The third-order valence-corrected chi connectivity index (χ3v) is 3.13. The van der Waals surface area contributed by atoms with Crippen molar-refractivity contribution < 1.29 is 0 Å². The highest BCUT2D eigenvalue weighted by Crippen LogP contribution is 2.15. The lowest BCUT2D eigenvalue weighted by Crippen LogP contribution is -2.02. The molecule has 2 nitrogen and oxygen atoms in total. The maximum Gasteiger partial charge on any atom is 0.142 e. The average molecular weight is 233 g/mol. The van der Waals surface area contributed by atoms with Crippen LogP contribution in [0.5, 0.6) is 0 Å². The lowest BCUT2D eigenvalue weighted by atomic mass is 10.2. The first-order valence-electron chi connectivity index (χ1n) is 5.21. The molecule has 0 amide bonds. The number of alkyl halides is 1. The van der Waals surface area contributed by atoms with E-state index in [2.05, 4.69) is 23.2 Å². The Labute approximate surface area is 94.9 Å². The van der Waals surface area contributed by atoms with Gasteiger partial charge in [0.15, 0.2) is 0 Å². The topological polar surface area (TPSA) is 25.8 Å². The van der Waals surface area contributed by atoms with Crippen molar-refractivity contribution >= 4 is 23.1 Å². The molecule has 80 valence electrons. The molecule has 1 unspecified atom stereocenters. The number of aryl methyl sites for hydroxylation is 1. The third kappa shape index (κ3) is 3.93. The monoisotopic (exact) mass is 232 g/mol. The molecule has 0 saturated carbocycles. The van der Waals surface area contributed by atoms with Crippen molar-refractivity contribution in [3.63, 3.8) is 0 Å². The molecule has 0 fully saturated rings. The Morgan fingerprint density at radius 1 is 1.36 bits per heavy atom. The zero-order chi connectivity index (χ0) is 10.4. The van der Waals surface area contributed by atoms with Crippen molar-refractivity contribution in [3.8, 4) is 0 Å². The van der Waals surface area contributed by atoms with E-state index in [1.54, 1.807) is 0 Å². The molecule has 1 atom stereocenters. The fourth-order valence-electron chi connectivity index (χ4n) is 1.30. The summed E-state index contributed by atoms with van der Waals surface area (Å²) in [6.07, 6.45) is 5.16. The van der Waals surface area contributed by atoms with Gasteiger partial charge in [-0.3, -0.25) is 0 Å². The molecule has 1 aromatic rings. The minimum Gasteiger partial charge on any atom is -0.225 e. The molecule has 0 aromatic carbocycles. The average Bonchev–Trinajstić information content (AvgIpc) is 2.53. The minimum atomic E-state index is 0.224. The highest BCUT2D eigenvalue weighted by Gasteiger charge is 2.09. The first-order chi connectivity index (χ1) is 6.76. The van der Waals surface area contributed by atoms with Gasteiger partial charge in [-0.1, -0.05) is 20.3 Å². The number of rotatable bonds is 6. The van der Waals surface area contributed by atoms with Gasteiger partial charge in [0.1, 0.15) is 10.8 Å². The Bertz CT molecular complexity index is 262. The van der Waals surface area contributed by atoms with E-state index >= 15 is 0 Å². The smallest absolute Gasteiger partial charge is 0.142 e. The summed E-state index contributed by atoms with van der Waals surface area (Å²) in [7, 11) is 0. The normalized spacial score (nSPS) is 13.1. The summed E-state index contributed by atoms with van der Waals surface area (Å²) in [6.45, 7) is 4.29. The molecule has 1 aromatic heterocycles. The van der Waals surface area contributed by atoms with E-state index in [1.807, 2.05) is 0 Å². The van der Waals surface area contributed by atoms with Crippen molar-refractivity contribution in [2.75, 3.05) is 0 Å². The van der Waals surface area contributed by atoms with Crippen LogP contribution >= 0.6 is 23.1 Å². The van der Waals surface area contributed by atoms with Gasteiger partial charge in [-0.05, 0) is 24.4 Å². The largest absolute Gasteiger partial charge is 0.225 e. The van der Waals surface area contributed by atoms with Crippen LogP contribution in [0.3, 0.4) is 0 Å². The SMILES string of the molecule is CCCc1nsc(CC(Cl)CCC)n1. The molecular weight excluding hydrogens is 216 g/mol. The fourth-order valence-corrected chi connectivity index (χ4v) is 2.52. The van der Waals surface area contributed by atoms with Crippen LogP contribution in [0.4, 0.5) is 0 Å². The fraction of sp³-hybridized carbons (Fsp3) is 0.800. The Morgan fingerprint density at radius 2 is 2.14 bits per heavy atom. The van der Waals surface area contributed by atoms with Crippen LogP contribution in [0.2, 0.25) is 0 Å². The number of hydrogen-bond donors (Lipinski definition) is 0. The first-order valence-corrected chi connectivity index (χ1v) is 6.42. The summed E-state index contributed by atoms with van der Waals surface area (Å²) in [4.78, 5) is 4.45. The van der Waals surface area contributed by atoms with E-state index in [1.165, 1.54) is 11.5 Å². The minimum absolute atomic E-state index is 0.224. The third-order valence-electron chi connectivity index (χ3n) is 1.98. The van der Waals surface area contributed by atoms with E-state index in [0.29, 0.717) is 0 Å². The van der Waals surface area contributed by atoms with Crippen LogP contribution in [-0.4, -0.2) is 14.7 Å². The van der Waals surface area contributed by atoms with Gasteiger partial charge < -0.3 is 0 Å². The van der Waals surface area contributed by atoms with Crippen LogP contribution < -0.4 is 0 Å². The van der Waals surface area contributed by atoms with Crippen molar-refractivity contribution in [1.29, 1.82) is 0 Å². The zero-order valence-corrected chi connectivity index (χ0v) is 10.4. The van der Waals surface area contributed by atoms with Crippen LogP contribution in [0.25, 0.3) is 0 Å². The maximum atomic E-state index is 6.14. The molecule has 0 spiro atoms. The summed E-state index contributed by atoms with van der Waals surface area (Å²) in [6, 6.07) is 0. The van der Waals surface area contributed by atoms with E-state index in [0.717, 1.165) is 42.9 Å². The van der Waals surface area contributed by atoms with Gasteiger partial charge in [-0.25, -0.2) is 4.98 Å². The lowest BCUT2D eigenvalue weighted by Gasteiger charge is -2.03. The van der Waals surface area contributed by atoms with Crippen molar-refractivity contribution in [1.82, 2.24) is 9.36 Å². The van der Waals surface area contributed by atoms with Crippen molar-refractivity contribution in [2.24, 2.45) is 0 Å². The highest BCUT2D eigenvalue weighted by atomic mass is 35.5. The van der Waals surface area contributed by atoms with E-state index < -0.39 is 0 Å². The standard InChI is InChI=1S/C10H17ClN2S/c1-3-5-8(11)7-10-12-9(6-4-2)13-14-10/h8H,3-7H2,1-2H3. The molecule has 0 radical (unpaired) electrons. The van der Waals surface area contributed by atoms with Crippen LogP contribution in [-0.2, 0) is 12.8 Å². The Balaban J connectivity index is 2.42. The van der Waals surface area contributed by atoms with E-state index in [-0.39, 0.29) is 5.38 Å². The van der Waals surface area contributed by atoms with E-state index in [9.17, 15) is 0 Å². The molecular formula is C10H17ClN2S. The molecule has 1 heterocycles. The van der Waals surface area contributed by atoms with Gasteiger partial charge in [0.25, 0.3) is 0 Å².